The quantitative estimate of drug-likeness (QED) is 0.787. The summed E-state index contributed by atoms with van der Waals surface area (Å²) in [6.45, 7) is 1.57. The molecule has 0 bridgehead atoms. The van der Waals surface area contributed by atoms with Gasteiger partial charge in [0.2, 0.25) is 10.0 Å². The lowest BCUT2D eigenvalue weighted by Gasteiger charge is -1.98. The first-order chi connectivity index (χ1) is 6.89. The number of ether oxygens (including phenoxy) is 1. The summed E-state index contributed by atoms with van der Waals surface area (Å²) < 4.78 is 26.7. The van der Waals surface area contributed by atoms with E-state index < -0.39 is 10.0 Å². The van der Waals surface area contributed by atoms with Gasteiger partial charge in [0.1, 0.15) is 4.21 Å². The highest BCUT2D eigenvalue weighted by atomic mass is 32.2. The Bertz CT molecular complexity index is 449. The van der Waals surface area contributed by atoms with Crippen LogP contribution < -0.4 is 5.14 Å². The monoisotopic (exact) mass is 249 g/mol. The molecular weight excluding hydrogens is 238 g/mol. The summed E-state index contributed by atoms with van der Waals surface area (Å²) in [6, 6.07) is 3.11. The Kier molecular flexibility index (Phi) is 3.83. The number of carbonyl (C=O) groups excluding carboxylic acids is 1. The molecule has 84 valence electrons. The molecule has 0 fully saturated rings. The van der Waals surface area contributed by atoms with Crippen LogP contribution in [0.3, 0.4) is 0 Å². The molecule has 0 aromatic carbocycles. The third kappa shape index (κ3) is 3.98. The molecule has 0 saturated heterocycles. The number of nitrogens with two attached hydrogens (primary N) is 1. The van der Waals surface area contributed by atoms with E-state index in [4.69, 9.17) is 9.88 Å². The van der Waals surface area contributed by atoms with Gasteiger partial charge in [-0.2, -0.15) is 0 Å². The average molecular weight is 249 g/mol. The van der Waals surface area contributed by atoms with Crippen LogP contribution in [0.2, 0.25) is 0 Å². The molecule has 0 atom stereocenters. The Balaban J connectivity index is 2.58. The predicted octanol–water partition coefficient (Wildman–Crippen LogP) is 0.501. The summed E-state index contributed by atoms with van der Waals surface area (Å²) in [6.07, 6.45) is 0.500. The highest BCUT2D eigenvalue weighted by Gasteiger charge is 2.10. The van der Waals surface area contributed by atoms with E-state index in [9.17, 15) is 13.2 Å². The van der Waals surface area contributed by atoms with Crippen LogP contribution in [-0.2, 0) is 26.0 Å². The van der Waals surface area contributed by atoms with E-state index in [2.05, 4.69) is 0 Å². The van der Waals surface area contributed by atoms with Crippen LogP contribution in [0, 0.1) is 0 Å². The Hall–Kier alpha value is -0.920. The smallest absolute Gasteiger partial charge is 0.302 e. The average Bonchev–Trinajstić information content (AvgIpc) is 2.51. The third-order valence-electron chi connectivity index (χ3n) is 1.57. The zero-order valence-electron chi connectivity index (χ0n) is 8.10. The van der Waals surface area contributed by atoms with Gasteiger partial charge in [0.15, 0.2) is 0 Å². The van der Waals surface area contributed by atoms with E-state index >= 15 is 0 Å². The van der Waals surface area contributed by atoms with Gasteiger partial charge in [-0.05, 0) is 12.1 Å². The van der Waals surface area contributed by atoms with Crippen molar-refractivity contribution in [2.75, 3.05) is 6.61 Å². The second-order valence-electron chi connectivity index (χ2n) is 2.86. The zero-order chi connectivity index (χ0) is 11.5. The number of hydrogen-bond donors (Lipinski definition) is 1. The first kappa shape index (κ1) is 12.2. The van der Waals surface area contributed by atoms with E-state index in [1.165, 1.54) is 13.0 Å². The van der Waals surface area contributed by atoms with Gasteiger partial charge in [-0.25, -0.2) is 13.6 Å². The van der Waals surface area contributed by atoms with E-state index in [-0.39, 0.29) is 16.8 Å². The minimum atomic E-state index is -3.61. The van der Waals surface area contributed by atoms with Gasteiger partial charge < -0.3 is 4.74 Å². The molecule has 0 spiro atoms. The van der Waals surface area contributed by atoms with Crippen molar-refractivity contribution in [3.63, 3.8) is 0 Å². The largest absolute Gasteiger partial charge is 0.465 e. The van der Waals surface area contributed by atoms with Crippen molar-refractivity contribution in [1.29, 1.82) is 0 Å². The molecule has 1 rings (SSSR count). The van der Waals surface area contributed by atoms with Crippen LogP contribution in [0.15, 0.2) is 16.3 Å². The topological polar surface area (TPSA) is 86.5 Å². The molecule has 0 saturated carbocycles. The molecule has 2 N–H and O–H groups in total. The SMILES string of the molecule is CC(=O)OCCc1ccc(S(N)(=O)=O)s1. The normalized spacial score (nSPS) is 11.3. The second kappa shape index (κ2) is 4.73. The fourth-order valence-corrected chi connectivity index (χ4v) is 2.70. The van der Waals surface area contributed by atoms with Crippen molar-refractivity contribution < 1.29 is 17.9 Å². The Morgan fingerprint density at radius 3 is 2.67 bits per heavy atom. The van der Waals surface area contributed by atoms with Crippen LogP contribution in [0.25, 0.3) is 0 Å². The summed E-state index contributed by atoms with van der Waals surface area (Å²) in [5, 5.41) is 4.94. The highest BCUT2D eigenvalue weighted by molar-refractivity contribution is 7.91. The minimum absolute atomic E-state index is 0.125. The van der Waals surface area contributed by atoms with Crippen LogP contribution in [-0.4, -0.2) is 21.0 Å². The molecule has 0 aliphatic heterocycles. The summed E-state index contributed by atoms with van der Waals surface area (Å²) in [5.41, 5.74) is 0. The minimum Gasteiger partial charge on any atom is -0.465 e. The molecular formula is C8H11NO4S2. The van der Waals surface area contributed by atoms with Gasteiger partial charge in [0.05, 0.1) is 6.61 Å². The molecule has 0 aliphatic rings. The van der Waals surface area contributed by atoms with E-state index in [1.54, 1.807) is 6.07 Å². The summed E-state index contributed by atoms with van der Waals surface area (Å²) >= 11 is 1.09. The number of rotatable bonds is 4. The molecule has 1 aromatic rings. The molecule has 1 heterocycles. The van der Waals surface area contributed by atoms with Crippen LogP contribution in [0.1, 0.15) is 11.8 Å². The maximum absolute atomic E-state index is 10.9. The molecule has 0 radical (unpaired) electrons. The lowest BCUT2D eigenvalue weighted by atomic mass is 10.4. The lowest BCUT2D eigenvalue weighted by Crippen LogP contribution is -2.09. The fraction of sp³-hybridized carbons (Fsp3) is 0.375. The van der Waals surface area contributed by atoms with Crippen LogP contribution in [0.5, 0.6) is 0 Å². The summed E-state index contributed by atoms with van der Waals surface area (Å²) in [5.74, 6) is -0.349. The first-order valence-electron chi connectivity index (χ1n) is 4.14. The molecule has 5 nitrogen and oxygen atoms in total. The maximum Gasteiger partial charge on any atom is 0.302 e. The molecule has 1 aromatic heterocycles. The molecule has 0 aliphatic carbocycles. The Labute approximate surface area is 91.9 Å². The number of hydrogen-bond acceptors (Lipinski definition) is 5. The van der Waals surface area contributed by atoms with Crippen molar-refractivity contribution in [3.8, 4) is 0 Å². The van der Waals surface area contributed by atoms with Gasteiger partial charge in [-0.15, -0.1) is 11.3 Å². The number of thiophene rings is 1. The number of carbonyl (C=O) groups is 1. The number of esters is 1. The fourth-order valence-electron chi connectivity index (χ4n) is 0.941. The second-order valence-corrected chi connectivity index (χ2v) is 5.81. The number of sulfonamides is 1. The van der Waals surface area contributed by atoms with Crippen molar-refractivity contribution in [3.05, 3.63) is 17.0 Å². The van der Waals surface area contributed by atoms with Crippen molar-refractivity contribution >= 4 is 27.3 Å². The first-order valence-corrected chi connectivity index (χ1v) is 6.51. The van der Waals surface area contributed by atoms with Crippen LogP contribution in [0.4, 0.5) is 0 Å². The molecule has 0 amide bonds. The molecule has 0 unspecified atom stereocenters. The summed E-state index contributed by atoms with van der Waals surface area (Å²) in [4.78, 5) is 11.3. The van der Waals surface area contributed by atoms with E-state index in [0.29, 0.717) is 6.42 Å². The van der Waals surface area contributed by atoms with Gasteiger partial charge in [0.25, 0.3) is 0 Å². The van der Waals surface area contributed by atoms with Crippen molar-refractivity contribution in [2.45, 2.75) is 17.6 Å². The van der Waals surface area contributed by atoms with Gasteiger partial charge in [-0.1, -0.05) is 0 Å². The van der Waals surface area contributed by atoms with Gasteiger partial charge >= 0.3 is 5.97 Å². The van der Waals surface area contributed by atoms with Gasteiger partial charge in [0, 0.05) is 18.2 Å². The zero-order valence-corrected chi connectivity index (χ0v) is 9.73. The number of primary sulfonamides is 1. The van der Waals surface area contributed by atoms with Crippen LogP contribution >= 0.6 is 11.3 Å². The van der Waals surface area contributed by atoms with Crippen molar-refractivity contribution in [2.24, 2.45) is 5.14 Å². The van der Waals surface area contributed by atoms with Crippen molar-refractivity contribution in [1.82, 2.24) is 0 Å². The molecule has 7 heteroatoms. The Morgan fingerprint density at radius 1 is 1.53 bits per heavy atom. The highest BCUT2D eigenvalue weighted by Crippen LogP contribution is 2.20. The standard InChI is InChI=1S/C8H11NO4S2/c1-6(10)13-5-4-7-2-3-8(14-7)15(9,11)12/h2-3H,4-5H2,1H3,(H2,9,11,12). The summed E-state index contributed by atoms with van der Waals surface area (Å²) in [7, 11) is -3.61. The van der Waals surface area contributed by atoms with E-state index in [1.807, 2.05) is 0 Å². The Morgan fingerprint density at radius 2 is 2.20 bits per heavy atom. The van der Waals surface area contributed by atoms with E-state index in [0.717, 1.165) is 16.2 Å². The predicted molar refractivity (Wildman–Crippen MR) is 56.0 cm³/mol. The third-order valence-corrected chi connectivity index (χ3v) is 4.15. The lowest BCUT2D eigenvalue weighted by molar-refractivity contribution is -0.140. The maximum atomic E-state index is 10.9. The van der Waals surface area contributed by atoms with Gasteiger partial charge in [-0.3, -0.25) is 4.79 Å². The molecule has 15 heavy (non-hydrogen) atoms.